The lowest BCUT2D eigenvalue weighted by atomic mass is 9.46. The predicted octanol–water partition coefficient (Wildman–Crippen LogP) is 4.84. The summed E-state index contributed by atoms with van der Waals surface area (Å²) in [7, 11) is 5.21. The van der Waals surface area contributed by atoms with Crippen molar-refractivity contribution in [3.05, 3.63) is 23.6 Å². The Bertz CT molecular complexity index is 2350. The molecule has 0 aromatic heterocycles. The number of esters is 1. The molecule has 19 nitrogen and oxygen atoms in total. The molecule has 0 spiro atoms. The Hall–Kier alpha value is -2.25. The van der Waals surface area contributed by atoms with E-state index in [2.05, 4.69) is 5.32 Å². The van der Waals surface area contributed by atoms with Gasteiger partial charge < -0.3 is 74.4 Å². The fourth-order valence-corrected chi connectivity index (χ4v) is 16.8. The number of aliphatic hydroxyl groups excluding tert-OH is 4. The molecular weight excluding hydrogens is 1090 g/mol. The van der Waals surface area contributed by atoms with Gasteiger partial charge in [-0.2, -0.15) is 0 Å². The van der Waals surface area contributed by atoms with Gasteiger partial charge in [-0.1, -0.05) is 47.6 Å². The van der Waals surface area contributed by atoms with Gasteiger partial charge in [0, 0.05) is 68.3 Å². The first kappa shape index (κ1) is 67.3. The number of allylic oxidation sites excluding steroid dienone is 4. The first-order valence-corrected chi connectivity index (χ1v) is 30.7. The van der Waals surface area contributed by atoms with Gasteiger partial charge >= 0.3 is 5.97 Å². The van der Waals surface area contributed by atoms with E-state index in [9.17, 15) is 50.1 Å². The molecular formula is C61H101ClFN3O16. The third-order valence-electron chi connectivity index (χ3n) is 21.8. The second kappa shape index (κ2) is 25.1. The van der Waals surface area contributed by atoms with Gasteiger partial charge in [0.15, 0.2) is 24.0 Å². The Morgan fingerprint density at radius 1 is 0.939 bits per heavy atom. The summed E-state index contributed by atoms with van der Waals surface area (Å²) in [5.41, 5.74) is -8.91. The van der Waals surface area contributed by atoms with Crippen LogP contribution in [0.1, 0.15) is 154 Å². The highest BCUT2D eigenvalue weighted by atomic mass is 35.5. The van der Waals surface area contributed by atoms with E-state index in [0.29, 0.717) is 25.7 Å². The van der Waals surface area contributed by atoms with Gasteiger partial charge in [0.05, 0.1) is 52.5 Å². The van der Waals surface area contributed by atoms with Crippen molar-refractivity contribution < 1.29 is 82.9 Å². The summed E-state index contributed by atoms with van der Waals surface area (Å²) >= 11 is 7.58. The maximum absolute atomic E-state index is 16.2. The van der Waals surface area contributed by atoms with Crippen LogP contribution in [-0.2, 0) is 42.8 Å². The van der Waals surface area contributed by atoms with Crippen LogP contribution in [0.2, 0.25) is 0 Å². The Labute approximate surface area is 490 Å². The molecule has 21 heteroatoms. The van der Waals surface area contributed by atoms with Crippen molar-refractivity contribution >= 4 is 29.3 Å². The monoisotopic (exact) mass is 1190 g/mol. The van der Waals surface area contributed by atoms with E-state index < -0.39 is 153 Å². The number of fused-ring (bicyclic) bond motifs is 5. The summed E-state index contributed by atoms with van der Waals surface area (Å²) in [6, 6.07) is -1.16. The average Bonchev–Trinajstić information content (AvgIpc) is 1.89. The van der Waals surface area contributed by atoms with Crippen LogP contribution in [0.15, 0.2) is 23.6 Å². The highest BCUT2D eigenvalue weighted by Crippen LogP contribution is 2.71. The lowest BCUT2D eigenvalue weighted by Gasteiger charge is -2.63. The van der Waals surface area contributed by atoms with E-state index in [1.807, 2.05) is 37.7 Å². The van der Waals surface area contributed by atoms with Crippen LogP contribution in [0.3, 0.4) is 0 Å². The fraction of sp³-hybridized carbons (Fsp3) is 0.885. The van der Waals surface area contributed by atoms with Crippen molar-refractivity contribution in [2.24, 2.45) is 40.4 Å². The van der Waals surface area contributed by atoms with Crippen molar-refractivity contribution in [2.45, 2.75) is 261 Å². The van der Waals surface area contributed by atoms with E-state index in [-0.39, 0.29) is 88.1 Å². The Morgan fingerprint density at radius 3 is 2.23 bits per heavy atom. The molecule has 3 aliphatic heterocycles. The van der Waals surface area contributed by atoms with E-state index in [4.69, 9.17) is 40.0 Å². The number of halogens is 2. The van der Waals surface area contributed by atoms with Gasteiger partial charge in [0.2, 0.25) is 0 Å². The van der Waals surface area contributed by atoms with Crippen molar-refractivity contribution in [2.75, 3.05) is 40.8 Å². The lowest BCUT2D eigenvalue weighted by molar-refractivity contribution is -0.319. The molecule has 1 amide bonds. The smallest absolute Gasteiger partial charge is 0.311 e. The van der Waals surface area contributed by atoms with Crippen molar-refractivity contribution in [3.8, 4) is 0 Å². The van der Waals surface area contributed by atoms with Crippen molar-refractivity contribution in [1.29, 1.82) is 0 Å². The normalized spacial score (nSPS) is 49.1. The number of methoxy groups -OCH3 is 1. The van der Waals surface area contributed by atoms with Crippen LogP contribution < -0.4 is 5.32 Å². The third kappa shape index (κ3) is 11.7. The van der Waals surface area contributed by atoms with Crippen LogP contribution >= 0.6 is 11.6 Å². The van der Waals surface area contributed by atoms with Crippen LogP contribution in [-0.4, -0.2) is 211 Å². The number of nitrogens with one attached hydrogen (secondary N) is 1. The molecule has 3 heterocycles. The molecule has 470 valence electrons. The Balaban J connectivity index is 1.16. The summed E-state index contributed by atoms with van der Waals surface area (Å²) in [6.45, 7) is 21.3. The molecule has 82 heavy (non-hydrogen) atoms. The number of aliphatic hydroxyl groups is 7. The lowest BCUT2D eigenvalue weighted by Crippen LogP contribution is -2.69. The number of alkyl halides is 1. The molecule has 0 aromatic carbocycles. The molecule has 7 rings (SSSR count). The number of ether oxygens (including phenoxy) is 6. The number of cyclic esters (lactones) is 1. The van der Waals surface area contributed by atoms with E-state index in [0.717, 1.165) is 0 Å². The van der Waals surface area contributed by atoms with Gasteiger partial charge in [-0.3, -0.25) is 19.3 Å². The molecule has 7 aliphatic rings. The Kier molecular flexibility index (Phi) is 20.6. The zero-order valence-electron chi connectivity index (χ0n) is 51.4. The first-order chi connectivity index (χ1) is 38.1. The topological polar surface area (TPSA) is 267 Å². The van der Waals surface area contributed by atoms with Gasteiger partial charge in [0.25, 0.3) is 5.91 Å². The average molecular weight is 1190 g/mol. The van der Waals surface area contributed by atoms with Crippen LogP contribution in [0.5, 0.6) is 0 Å². The van der Waals surface area contributed by atoms with Crippen molar-refractivity contribution in [1.82, 2.24) is 15.1 Å². The highest BCUT2D eigenvalue weighted by molar-refractivity contribution is 6.26. The maximum Gasteiger partial charge on any atom is 0.311 e. The molecule has 3 unspecified atom stereocenters. The van der Waals surface area contributed by atoms with E-state index in [1.165, 1.54) is 20.1 Å². The second-order valence-electron chi connectivity index (χ2n) is 27.1. The minimum Gasteiger partial charge on any atom is -0.459 e. The van der Waals surface area contributed by atoms with Crippen LogP contribution in [0.25, 0.3) is 0 Å². The number of nitrogens with zero attached hydrogens (tertiary/aromatic N) is 2. The summed E-state index contributed by atoms with van der Waals surface area (Å²) in [6.07, 6.45) is -7.24. The third-order valence-corrected chi connectivity index (χ3v) is 22.7. The number of carbonyl (C=O) groups is 3. The summed E-state index contributed by atoms with van der Waals surface area (Å²) in [5.74, 6) is -5.84. The predicted molar refractivity (Wildman–Crippen MR) is 303 cm³/mol. The molecule has 5 fully saturated rings. The molecule has 0 aromatic rings. The second-order valence-corrected chi connectivity index (χ2v) is 27.7. The number of ketones is 1. The van der Waals surface area contributed by atoms with Gasteiger partial charge in [-0.05, 0) is 143 Å². The number of carbonyl (C=O) groups excluding carboxylic acids is 3. The number of hydrogen-bond acceptors (Lipinski definition) is 18. The largest absolute Gasteiger partial charge is 0.459 e. The van der Waals surface area contributed by atoms with Crippen LogP contribution in [0, 0.1) is 40.4 Å². The number of likely N-dealkylation sites (N-methyl/N-ethyl adjacent to an activating group) is 1. The minimum absolute atomic E-state index is 0.0478. The minimum atomic E-state index is -2.01. The molecule has 25 atom stereocenters. The first-order valence-electron chi connectivity index (χ1n) is 30.3. The molecule has 4 aliphatic carbocycles. The van der Waals surface area contributed by atoms with Gasteiger partial charge in [-0.15, -0.1) is 11.6 Å². The van der Waals surface area contributed by atoms with E-state index in [1.54, 1.807) is 68.4 Å². The zero-order valence-corrected chi connectivity index (χ0v) is 52.2. The maximum atomic E-state index is 16.2. The summed E-state index contributed by atoms with van der Waals surface area (Å²) < 4.78 is 54.6. The molecule has 0 bridgehead atoms. The number of amides is 1. The zero-order chi connectivity index (χ0) is 61.2. The van der Waals surface area contributed by atoms with E-state index >= 15 is 4.39 Å². The van der Waals surface area contributed by atoms with Gasteiger partial charge in [-0.25, -0.2) is 4.39 Å². The molecule has 2 saturated carbocycles. The Morgan fingerprint density at radius 2 is 1.61 bits per heavy atom. The summed E-state index contributed by atoms with van der Waals surface area (Å²) in [5, 5.41) is 88.8. The van der Waals surface area contributed by atoms with Crippen LogP contribution in [0.4, 0.5) is 4.39 Å². The highest BCUT2D eigenvalue weighted by Gasteiger charge is 2.75. The quantitative estimate of drug-likeness (QED) is 0.0697. The van der Waals surface area contributed by atoms with Gasteiger partial charge in [0.1, 0.15) is 35.8 Å². The SMILES string of the molecule is CC[C@H]1OC(=O)[C@H](C)[C@@H](O[C@@H]2C[C@](C)(OC)[C@H](O)C(C)O2)[C@H](C)[C@@H](O[C@@H]2O[C@H](C)C[C@@H](N(C)C)[C@H]2O)[C@@](O)(CC)CCCN(CCCNC(=O)[C@@]2(O)[C@H](C)CC3C4CC(F)=C5CC(=O)C=C[C@]5(C)[C@@]4(Cl)[C@@H](O)C[C@@]32C)[C@H](C)[C@@H](O)[C@]1(C)O. The molecule has 3 saturated heterocycles. The van der Waals surface area contributed by atoms with Crippen molar-refractivity contribution in [3.63, 3.8) is 0 Å². The summed E-state index contributed by atoms with van der Waals surface area (Å²) in [4.78, 5) is 44.3. The molecule has 8 N–H and O–H groups in total. The molecule has 0 radical (unpaired) electrons. The standard InChI is InChI=1S/C61H101ClFN3O16/c1-16-45-58(12,74)49(70)36(7)66(25-19-23-64-54(73)61(76)32(3)26-39-40-29-42(63)41-28-38(67)20-22-55(41,9)60(40,62)44(68)30-56(39,61)10)24-18-21-59(75,17-2)51(82-53-47(69)43(65(13)14)27-33(4)78-53)34(5)48(35(6)52(72)80-45)81-46-31-57(11,77-15)50(71)37(8)79-46/h20,22,32-37,39-40,43-51,53,68-71,74-76H,16-19,21,23-31H2,1-15H3,(H,64,73)/t32-,33-,34+,35-,36-,37?,39?,40?,43-,44+,45-,46-,47-,48+,49-,50-,51-,53+,55+,56+,57+,58-,59-,60+,61+/m1/s1. The number of hydrogen-bond donors (Lipinski definition) is 8. The fourth-order valence-electron chi connectivity index (χ4n) is 16.3. The number of rotatable bonds is 13.